The summed E-state index contributed by atoms with van der Waals surface area (Å²) in [4.78, 5) is 12.9. The van der Waals surface area contributed by atoms with Crippen molar-refractivity contribution in [3.63, 3.8) is 0 Å². The van der Waals surface area contributed by atoms with Gasteiger partial charge in [0.2, 0.25) is 0 Å². The first-order chi connectivity index (χ1) is 12.1. The smallest absolute Gasteiger partial charge is 0.354 e. The van der Waals surface area contributed by atoms with Crippen molar-refractivity contribution < 1.29 is 9.67 Å². The van der Waals surface area contributed by atoms with E-state index in [0.717, 1.165) is 18.4 Å². The Morgan fingerprint density at radius 1 is 1.20 bits per heavy atom. The van der Waals surface area contributed by atoms with E-state index in [0.29, 0.717) is 29.7 Å². The van der Waals surface area contributed by atoms with Crippen LogP contribution >= 0.6 is 0 Å². The van der Waals surface area contributed by atoms with Crippen molar-refractivity contribution in [2.45, 2.75) is 32.7 Å². The fourth-order valence-electron chi connectivity index (χ4n) is 3.03. The first-order valence-electron chi connectivity index (χ1n) is 8.33. The molecule has 25 heavy (non-hydrogen) atoms. The highest BCUT2D eigenvalue weighted by molar-refractivity contribution is 5.67. The van der Waals surface area contributed by atoms with Gasteiger partial charge in [0.15, 0.2) is 5.56 Å². The third-order valence-corrected chi connectivity index (χ3v) is 4.25. The fraction of sp³-hybridized carbons (Fsp3) is 0.250. The van der Waals surface area contributed by atoms with Gasteiger partial charge in [0.1, 0.15) is 0 Å². The van der Waals surface area contributed by atoms with E-state index in [4.69, 9.17) is 5.26 Å². The average Bonchev–Trinajstić information content (AvgIpc) is 2.61. The largest absolute Gasteiger partial charge is 0.477 e. The van der Waals surface area contributed by atoms with Crippen molar-refractivity contribution >= 4 is 5.65 Å². The lowest BCUT2D eigenvalue weighted by Crippen LogP contribution is -2.41. The molecule has 0 aliphatic carbocycles. The summed E-state index contributed by atoms with van der Waals surface area (Å²) in [6, 6.07) is 15.1. The molecule has 0 atom stereocenters. The van der Waals surface area contributed by atoms with Crippen LogP contribution in [0.1, 0.15) is 24.8 Å². The van der Waals surface area contributed by atoms with Gasteiger partial charge in [-0.15, -0.1) is 0 Å². The molecule has 0 saturated carbocycles. The maximum atomic E-state index is 12.9. The Kier molecular flexibility index (Phi) is 4.80. The number of nitriles is 1. The molecule has 5 heteroatoms. The first-order valence-corrected chi connectivity index (χ1v) is 8.33. The van der Waals surface area contributed by atoms with Crippen LogP contribution in [-0.2, 0) is 6.54 Å². The number of aromatic nitrogens is 2. The number of rotatable bonds is 5. The number of pyridine rings is 1. The number of hydrogen-bond donors (Lipinski definition) is 1. The third-order valence-electron chi connectivity index (χ3n) is 4.25. The van der Waals surface area contributed by atoms with Crippen molar-refractivity contribution in [1.29, 1.82) is 5.26 Å². The first kappa shape index (κ1) is 16.7. The van der Waals surface area contributed by atoms with Gasteiger partial charge in [-0.05, 0) is 31.4 Å². The molecule has 0 fully saturated rings. The van der Waals surface area contributed by atoms with Crippen LogP contribution < -0.4 is 10.1 Å². The number of benzene rings is 1. The minimum Gasteiger partial charge on any atom is -0.477 e. The minimum atomic E-state index is -0.244. The zero-order valence-electron chi connectivity index (χ0n) is 14.1. The second-order valence-corrected chi connectivity index (χ2v) is 6.07. The Labute approximate surface area is 146 Å². The predicted octanol–water partition coefficient (Wildman–Crippen LogP) is 2.96. The molecule has 2 heterocycles. The Hall–Kier alpha value is -3.13. The van der Waals surface area contributed by atoms with Crippen LogP contribution in [0.5, 0.6) is 5.88 Å². The van der Waals surface area contributed by atoms with Crippen molar-refractivity contribution in [3.8, 4) is 23.1 Å². The van der Waals surface area contributed by atoms with E-state index >= 15 is 0 Å². The lowest BCUT2D eigenvalue weighted by atomic mass is 10.1. The number of fused-ring (bicyclic) bond motifs is 1. The van der Waals surface area contributed by atoms with Crippen LogP contribution in [0.25, 0.3) is 16.8 Å². The van der Waals surface area contributed by atoms with Crippen LogP contribution in [0.2, 0.25) is 0 Å². The molecule has 0 aliphatic rings. The molecule has 5 nitrogen and oxygen atoms in total. The summed E-state index contributed by atoms with van der Waals surface area (Å²) in [6.07, 6.45) is 3.70. The van der Waals surface area contributed by atoms with Crippen molar-refractivity contribution in [1.82, 2.24) is 4.40 Å². The standard InChI is InChI=1S/C20H19N3O2/c1-15-8-7-9-16(14-15)18-19(24)22(12-5-2-4-11-21)17-10-3-6-13-23(17)20(18)25/h3,6-10,13-14H,2,4-5,12H2,1H3/p+1. The number of hydrogen-bond acceptors (Lipinski definition) is 3. The molecular formula is C20H20N3O2+. The zero-order valence-corrected chi connectivity index (χ0v) is 14.1. The topological polar surface area (TPSA) is 69.4 Å². The molecule has 1 aromatic carbocycles. The van der Waals surface area contributed by atoms with E-state index < -0.39 is 0 Å². The van der Waals surface area contributed by atoms with Gasteiger partial charge in [-0.2, -0.15) is 14.2 Å². The number of nitrogens with zero attached hydrogens (tertiary/aromatic N) is 3. The van der Waals surface area contributed by atoms with E-state index in [-0.39, 0.29) is 11.4 Å². The average molecular weight is 334 g/mol. The normalized spacial score (nSPS) is 10.7. The Morgan fingerprint density at radius 2 is 2.04 bits per heavy atom. The van der Waals surface area contributed by atoms with Crippen LogP contribution in [0.3, 0.4) is 0 Å². The summed E-state index contributed by atoms with van der Waals surface area (Å²) in [6.45, 7) is 2.50. The molecule has 1 N–H and O–H groups in total. The van der Waals surface area contributed by atoms with E-state index in [1.165, 1.54) is 0 Å². The molecule has 2 aromatic heterocycles. The van der Waals surface area contributed by atoms with Gasteiger partial charge in [0.25, 0.3) is 11.5 Å². The Morgan fingerprint density at radius 3 is 2.80 bits per heavy atom. The van der Waals surface area contributed by atoms with Gasteiger partial charge in [-0.1, -0.05) is 35.9 Å². The lowest BCUT2D eigenvalue weighted by molar-refractivity contribution is -0.680. The van der Waals surface area contributed by atoms with E-state index in [1.54, 1.807) is 21.2 Å². The molecular weight excluding hydrogens is 314 g/mol. The summed E-state index contributed by atoms with van der Waals surface area (Å²) in [5.41, 5.74) is 2.42. The molecule has 3 aromatic rings. The molecule has 3 rings (SSSR count). The molecule has 0 unspecified atom stereocenters. The lowest BCUT2D eigenvalue weighted by Gasteiger charge is -2.10. The van der Waals surface area contributed by atoms with Gasteiger partial charge in [0, 0.05) is 12.5 Å². The van der Waals surface area contributed by atoms with E-state index in [1.807, 2.05) is 43.3 Å². The van der Waals surface area contributed by atoms with Gasteiger partial charge in [0.05, 0.1) is 18.8 Å². The SMILES string of the molecule is Cc1cccc(-c2c(O)[n+](CCCCC#N)c3ccccn3c2=O)c1. The number of unbranched alkanes of at least 4 members (excludes halogenated alkanes) is 2. The monoisotopic (exact) mass is 334 g/mol. The highest BCUT2D eigenvalue weighted by Crippen LogP contribution is 2.24. The molecule has 0 radical (unpaired) electrons. The summed E-state index contributed by atoms with van der Waals surface area (Å²) >= 11 is 0. The Bertz CT molecular complexity index is 1020. The Balaban J connectivity index is 2.21. The van der Waals surface area contributed by atoms with Gasteiger partial charge >= 0.3 is 5.56 Å². The highest BCUT2D eigenvalue weighted by atomic mass is 16.3. The maximum absolute atomic E-state index is 12.9. The minimum absolute atomic E-state index is 0.0289. The summed E-state index contributed by atoms with van der Waals surface area (Å²) in [5, 5.41) is 19.5. The van der Waals surface area contributed by atoms with E-state index in [2.05, 4.69) is 6.07 Å². The van der Waals surface area contributed by atoms with Crippen LogP contribution in [0.15, 0.2) is 53.5 Å². The molecule has 0 aliphatic heterocycles. The fourth-order valence-corrected chi connectivity index (χ4v) is 3.03. The van der Waals surface area contributed by atoms with Crippen LogP contribution in [0, 0.1) is 18.3 Å². The molecule has 0 saturated heterocycles. The van der Waals surface area contributed by atoms with Crippen LogP contribution in [-0.4, -0.2) is 9.51 Å². The van der Waals surface area contributed by atoms with Crippen LogP contribution in [0.4, 0.5) is 0 Å². The molecule has 0 amide bonds. The molecule has 0 bridgehead atoms. The second kappa shape index (κ2) is 7.18. The van der Waals surface area contributed by atoms with Crippen molar-refractivity contribution in [2.24, 2.45) is 0 Å². The second-order valence-electron chi connectivity index (χ2n) is 6.07. The van der Waals surface area contributed by atoms with Gasteiger partial charge in [-0.25, -0.2) is 4.79 Å². The number of aromatic hydroxyl groups is 1. The highest BCUT2D eigenvalue weighted by Gasteiger charge is 2.24. The summed E-state index contributed by atoms with van der Waals surface area (Å²) in [7, 11) is 0. The van der Waals surface area contributed by atoms with E-state index in [9.17, 15) is 9.90 Å². The quantitative estimate of drug-likeness (QED) is 0.576. The predicted molar refractivity (Wildman–Crippen MR) is 95.2 cm³/mol. The molecule has 126 valence electrons. The van der Waals surface area contributed by atoms with Crippen molar-refractivity contribution in [3.05, 3.63) is 64.6 Å². The summed E-state index contributed by atoms with van der Waals surface area (Å²) in [5.74, 6) is -0.0289. The number of aryl methyl sites for hydroxylation is 2. The zero-order chi connectivity index (χ0) is 17.8. The van der Waals surface area contributed by atoms with Gasteiger partial charge < -0.3 is 5.11 Å². The third kappa shape index (κ3) is 3.24. The maximum Gasteiger partial charge on any atom is 0.354 e. The molecule has 0 spiro atoms. The summed E-state index contributed by atoms with van der Waals surface area (Å²) < 4.78 is 3.30. The van der Waals surface area contributed by atoms with Gasteiger partial charge in [-0.3, -0.25) is 0 Å². The van der Waals surface area contributed by atoms with Crippen molar-refractivity contribution in [2.75, 3.05) is 0 Å².